The Labute approximate surface area is 150 Å². The summed E-state index contributed by atoms with van der Waals surface area (Å²) in [5.74, 6) is -0.571. The average molecular weight is 360 g/mol. The van der Waals surface area contributed by atoms with Crippen LogP contribution in [-0.2, 0) is 11.2 Å². The van der Waals surface area contributed by atoms with E-state index in [2.05, 4.69) is 6.92 Å². The topological polar surface area (TPSA) is 31.6 Å². The van der Waals surface area contributed by atoms with Crippen LogP contribution in [0.4, 0.5) is 8.78 Å². The molecule has 1 aliphatic heterocycles. The van der Waals surface area contributed by atoms with Gasteiger partial charge in [-0.15, -0.1) is 0 Å². The molecule has 3 nitrogen and oxygen atoms in total. The number of ether oxygens (including phenoxy) is 2. The van der Waals surface area contributed by atoms with Crippen molar-refractivity contribution >= 4 is 21.9 Å². The summed E-state index contributed by atoms with van der Waals surface area (Å²) in [5.41, 5.74) is 0.737. The highest BCUT2D eigenvalue weighted by Gasteiger charge is 2.26. The van der Waals surface area contributed by atoms with E-state index < -0.39 is 11.6 Å². The van der Waals surface area contributed by atoms with Crippen molar-refractivity contribution in [3.63, 3.8) is 0 Å². The van der Waals surface area contributed by atoms with Crippen molar-refractivity contribution in [2.24, 2.45) is 5.92 Å². The lowest BCUT2D eigenvalue weighted by atomic mass is 9.95. The van der Waals surface area contributed by atoms with Crippen molar-refractivity contribution in [3.05, 3.63) is 41.5 Å². The molecule has 2 unspecified atom stereocenters. The number of hydrogen-bond donors (Lipinski definition) is 0. The standard InChI is InChI=1S/C21H22F2O3/c1-3-14-10-12(11-25-14)9-13-5-6-15-16-7-8-17(24-4-2)19(23)21(16)26-20(15)18(13)22/h5-8,12,14H,3-4,9-11H2,1-2H3. The maximum Gasteiger partial charge on any atom is 0.208 e. The molecule has 0 saturated carbocycles. The number of rotatable bonds is 5. The van der Waals surface area contributed by atoms with Crippen molar-refractivity contribution in [2.75, 3.05) is 13.2 Å². The first-order valence-corrected chi connectivity index (χ1v) is 9.18. The normalized spacial score (nSPS) is 20.3. The van der Waals surface area contributed by atoms with Gasteiger partial charge in [0.05, 0.1) is 19.3 Å². The number of halogens is 2. The Morgan fingerprint density at radius 3 is 2.46 bits per heavy atom. The average Bonchev–Trinajstić information content (AvgIpc) is 3.25. The third-order valence-corrected chi connectivity index (χ3v) is 5.16. The van der Waals surface area contributed by atoms with E-state index in [0.29, 0.717) is 41.9 Å². The molecule has 0 radical (unpaired) electrons. The van der Waals surface area contributed by atoms with Crippen molar-refractivity contribution < 1.29 is 22.7 Å². The molecule has 138 valence electrons. The molecule has 0 spiro atoms. The lowest BCUT2D eigenvalue weighted by Crippen LogP contribution is -2.06. The molecule has 0 amide bonds. The van der Waals surface area contributed by atoms with Gasteiger partial charge in [-0.2, -0.15) is 4.39 Å². The Balaban J connectivity index is 1.73. The zero-order valence-corrected chi connectivity index (χ0v) is 15.0. The third kappa shape index (κ3) is 2.84. The van der Waals surface area contributed by atoms with E-state index in [0.717, 1.165) is 12.8 Å². The molecule has 0 bridgehead atoms. The molecule has 1 saturated heterocycles. The molecule has 26 heavy (non-hydrogen) atoms. The van der Waals surface area contributed by atoms with Crippen molar-refractivity contribution in [1.82, 2.24) is 0 Å². The van der Waals surface area contributed by atoms with E-state index in [1.165, 1.54) is 0 Å². The van der Waals surface area contributed by atoms with Gasteiger partial charge in [-0.3, -0.25) is 0 Å². The summed E-state index contributed by atoms with van der Waals surface area (Å²) in [6, 6.07) is 6.86. The van der Waals surface area contributed by atoms with Crippen LogP contribution in [0.25, 0.3) is 21.9 Å². The van der Waals surface area contributed by atoms with Gasteiger partial charge in [-0.1, -0.05) is 13.0 Å². The number of fused-ring (bicyclic) bond motifs is 3. The molecule has 1 aromatic heterocycles. The Morgan fingerprint density at radius 2 is 1.77 bits per heavy atom. The van der Waals surface area contributed by atoms with Gasteiger partial charge >= 0.3 is 0 Å². The molecule has 5 heteroatoms. The Bertz CT molecular complexity index is 947. The van der Waals surface area contributed by atoms with Crippen LogP contribution in [0.15, 0.2) is 28.7 Å². The smallest absolute Gasteiger partial charge is 0.208 e. The van der Waals surface area contributed by atoms with E-state index >= 15 is 4.39 Å². The van der Waals surface area contributed by atoms with Crippen LogP contribution < -0.4 is 4.74 Å². The second kappa shape index (κ2) is 6.88. The van der Waals surface area contributed by atoms with Gasteiger partial charge in [-0.05, 0) is 55.9 Å². The van der Waals surface area contributed by atoms with E-state index in [-0.39, 0.29) is 23.0 Å². The zero-order valence-electron chi connectivity index (χ0n) is 15.0. The molecule has 2 aromatic carbocycles. The molecule has 0 aliphatic carbocycles. The highest BCUT2D eigenvalue weighted by atomic mass is 19.1. The molecule has 2 atom stereocenters. The zero-order chi connectivity index (χ0) is 18.3. The highest BCUT2D eigenvalue weighted by Crippen LogP contribution is 2.37. The summed E-state index contributed by atoms with van der Waals surface area (Å²) < 4.78 is 46.2. The van der Waals surface area contributed by atoms with Crippen LogP contribution in [-0.4, -0.2) is 19.3 Å². The van der Waals surface area contributed by atoms with Crippen LogP contribution in [0, 0.1) is 17.6 Å². The Hall–Kier alpha value is -2.14. The van der Waals surface area contributed by atoms with Gasteiger partial charge < -0.3 is 13.9 Å². The molecule has 4 rings (SSSR count). The number of hydrogen-bond acceptors (Lipinski definition) is 3. The second-order valence-electron chi connectivity index (χ2n) is 6.87. The fourth-order valence-electron chi connectivity index (χ4n) is 3.80. The van der Waals surface area contributed by atoms with Crippen LogP contribution in [0.1, 0.15) is 32.3 Å². The first-order chi connectivity index (χ1) is 12.6. The van der Waals surface area contributed by atoms with Crippen molar-refractivity contribution in [2.45, 2.75) is 39.2 Å². The third-order valence-electron chi connectivity index (χ3n) is 5.16. The van der Waals surface area contributed by atoms with Gasteiger partial charge in [0.15, 0.2) is 22.7 Å². The summed E-state index contributed by atoms with van der Waals surface area (Å²) >= 11 is 0. The van der Waals surface area contributed by atoms with Gasteiger partial charge in [0, 0.05) is 10.8 Å². The SMILES string of the molecule is CCOc1ccc2c(oc3c(F)c(CC4COC(CC)C4)ccc32)c1F. The fraction of sp³-hybridized carbons (Fsp3) is 0.429. The van der Waals surface area contributed by atoms with Gasteiger partial charge in [-0.25, -0.2) is 4.39 Å². The Morgan fingerprint density at radius 1 is 1.04 bits per heavy atom. The second-order valence-corrected chi connectivity index (χ2v) is 6.87. The predicted octanol–water partition coefficient (Wildman–Crippen LogP) is 5.62. The van der Waals surface area contributed by atoms with Crippen LogP contribution in [0.3, 0.4) is 0 Å². The van der Waals surface area contributed by atoms with Gasteiger partial charge in [0.2, 0.25) is 5.82 Å². The molecular weight excluding hydrogens is 338 g/mol. The maximum absolute atomic E-state index is 15.0. The van der Waals surface area contributed by atoms with E-state index in [4.69, 9.17) is 13.9 Å². The first kappa shape index (κ1) is 17.3. The minimum Gasteiger partial charge on any atom is -0.491 e. The fourth-order valence-corrected chi connectivity index (χ4v) is 3.80. The summed E-state index contributed by atoms with van der Waals surface area (Å²) in [7, 11) is 0. The first-order valence-electron chi connectivity index (χ1n) is 9.18. The number of furan rings is 1. The van der Waals surface area contributed by atoms with Crippen molar-refractivity contribution in [1.29, 1.82) is 0 Å². The van der Waals surface area contributed by atoms with Gasteiger partial charge in [0.1, 0.15) is 0 Å². The van der Waals surface area contributed by atoms with Crippen LogP contribution in [0.2, 0.25) is 0 Å². The van der Waals surface area contributed by atoms with E-state index in [1.807, 2.05) is 6.07 Å². The monoisotopic (exact) mass is 360 g/mol. The van der Waals surface area contributed by atoms with E-state index in [9.17, 15) is 4.39 Å². The minimum atomic E-state index is -0.587. The molecular formula is C21H22F2O3. The summed E-state index contributed by atoms with van der Waals surface area (Å²) in [6.45, 7) is 4.88. The largest absolute Gasteiger partial charge is 0.491 e. The minimum absolute atomic E-state index is 0.0391. The summed E-state index contributed by atoms with van der Waals surface area (Å²) in [4.78, 5) is 0. The molecule has 1 aliphatic rings. The van der Waals surface area contributed by atoms with Gasteiger partial charge in [0.25, 0.3) is 0 Å². The summed E-state index contributed by atoms with van der Waals surface area (Å²) in [5, 5.41) is 1.14. The van der Waals surface area contributed by atoms with E-state index in [1.54, 1.807) is 25.1 Å². The molecule has 3 aromatic rings. The molecule has 0 N–H and O–H groups in total. The van der Waals surface area contributed by atoms with Crippen molar-refractivity contribution in [3.8, 4) is 5.75 Å². The Kier molecular flexibility index (Phi) is 4.57. The lowest BCUT2D eigenvalue weighted by molar-refractivity contribution is 0.104. The van der Waals surface area contributed by atoms with Crippen LogP contribution >= 0.6 is 0 Å². The highest BCUT2D eigenvalue weighted by molar-refractivity contribution is 6.05. The summed E-state index contributed by atoms with van der Waals surface area (Å²) in [6.07, 6.45) is 2.79. The number of benzene rings is 2. The van der Waals surface area contributed by atoms with Crippen LogP contribution in [0.5, 0.6) is 5.75 Å². The predicted molar refractivity (Wildman–Crippen MR) is 96.6 cm³/mol. The molecule has 2 heterocycles. The molecule has 1 fully saturated rings. The lowest BCUT2D eigenvalue weighted by Gasteiger charge is -2.09. The maximum atomic E-state index is 15.0. The quantitative estimate of drug-likeness (QED) is 0.592.